The maximum Gasteiger partial charge on any atom is 0.262 e. The topological polar surface area (TPSA) is 54.0 Å². The van der Waals surface area contributed by atoms with Crippen molar-refractivity contribution in [3.05, 3.63) is 82.6 Å². The largest absolute Gasteiger partial charge is 0.493 e. The number of piperazine rings is 1. The Hall–Kier alpha value is -3.36. The molecule has 0 aromatic heterocycles. The van der Waals surface area contributed by atoms with Gasteiger partial charge in [0.15, 0.2) is 18.1 Å². The predicted molar refractivity (Wildman–Crippen MR) is 145 cm³/mol. The first-order valence-corrected chi connectivity index (χ1v) is 12.3. The molecule has 1 fully saturated rings. The smallest absolute Gasteiger partial charge is 0.262 e. The number of thiocarbonyl (C=S) groups is 1. The van der Waals surface area contributed by atoms with E-state index in [2.05, 4.69) is 10.2 Å². The number of methoxy groups -OCH3 is 1. The minimum absolute atomic E-state index is 0.229. The van der Waals surface area contributed by atoms with Crippen LogP contribution >= 0.6 is 23.8 Å². The molecule has 0 radical (unpaired) electrons. The number of nitrogens with zero attached hydrogens (tertiary/aromatic N) is 2. The van der Waals surface area contributed by atoms with E-state index in [0.717, 1.165) is 5.56 Å². The van der Waals surface area contributed by atoms with Crippen LogP contribution in [0.4, 0.5) is 15.8 Å². The van der Waals surface area contributed by atoms with Gasteiger partial charge in [-0.05, 0) is 43.3 Å². The van der Waals surface area contributed by atoms with Gasteiger partial charge < -0.3 is 24.6 Å². The molecule has 0 atom stereocenters. The molecule has 188 valence electrons. The number of carbonyl (C=O) groups excluding carboxylic acids is 1. The summed E-state index contributed by atoms with van der Waals surface area (Å²) >= 11 is 12.2. The van der Waals surface area contributed by atoms with Gasteiger partial charge in [0.25, 0.3) is 5.91 Å². The van der Waals surface area contributed by atoms with Gasteiger partial charge >= 0.3 is 0 Å². The predicted octanol–water partition coefficient (Wildman–Crippen LogP) is 5.31. The van der Waals surface area contributed by atoms with E-state index in [0.29, 0.717) is 58.9 Å². The Balaban J connectivity index is 1.39. The fourth-order valence-electron chi connectivity index (χ4n) is 4.00. The number of benzene rings is 3. The summed E-state index contributed by atoms with van der Waals surface area (Å²) in [5.74, 6) is 0.111. The van der Waals surface area contributed by atoms with Crippen LogP contribution in [0.2, 0.25) is 5.02 Å². The molecule has 1 heterocycles. The number of nitrogens with one attached hydrogen (secondary N) is 1. The molecule has 9 heteroatoms. The lowest BCUT2D eigenvalue weighted by Crippen LogP contribution is -2.48. The van der Waals surface area contributed by atoms with Crippen LogP contribution in [0, 0.1) is 12.7 Å². The minimum Gasteiger partial charge on any atom is -0.493 e. The van der Waals surface area contributed by atoms with Crippen molar-refractivity contribution in [2.45, 2.75) is 6.92 Å². The van der Waals surface area contributed by atoms with Crippen molar-refractivity contribution in [2.75, 3.05) is 50.1 Å². The normalized spacial score (nSPS) is 13.3. The van der Waals surface area contributed by atoms with Gasteiger partial charge in [-0.1, -0.05) is 53.6 Å². The molecule has 36 heavy (non-hydrogen) atoms. The molecular weight excluding hydrogens is 501 g/mol. The molecule has 6 nitrogen and oxygen atoms in total. The SMILES string of the molecule is COc1cc(C(=S)N2CCN(c3ccccc3F)CC2)cc(Cl)c1OCC(=O)Nc1ccc(C)cc1. The van der Waals surface area contributed by atoms with Crippen molar-refractivity contribution in [2.24, 2.45) is 0 Å². The Kier molecular flexibility index (Phi) is 8.28. The molecule has 0 spiro atoms. The first-order valence-electron chi connectivity index (χ1n) is 11.5. The van der Waals surface area contributed by atoms with Crippen molar-refractivity contribution < 1.29 is 18.7 Å². The first-order chi connectivity index (χ1) is 17.4. The van der Waals surface area contributed by atoms with Crippen LogP contribution in [-0.4, -0.2) is 55.7 Å². The van der Waals surface area contributed by atoms with Crippen LogP contribution in [0.5, 0.6) is 11.5 Å². The number of rotatable bonds is 7. The molecule has 3 aromatic rings. The summed E-state index contributed by atoms with van der Waals surface area (Å²) in [6, 6.07) is 17.7. The monoisotopic (exact) mass is 527 g/mol. The summed E-state index contributed by atoms with van der Waals surface area (Å²) in [5, 5.41) is 3.08. The second kappa shape index (κ2) is 11.6. The van der Waals surface area contributed by atoms with Gasteiger partial charge in [-0.3, -0.25) is 4.79 Å². The lowest BCUT2D eigenvalue weighted by molar-refractivity contribution is -0.118. The van der Waals surface area contributed by atoms with Gasteiger partial charge in [-0.25, -0.2) is 4.39 Å². The van der Waals surface area contributed by atoms with E-state index in [1.807, 2.05) is 42.2 Å². The molecule has 0 saturated carbocycles. The number of hydrogen-bond donors (Lipinski definition) is 1. The van der Waals surface area contributed by atoms with Crippen LogP contribution in [0.3, 0.4) is 0 Å². The maximum absolute atomic E-state index is 14.2. The number of carbonyl (C=O) groups is 1. The van der Waals surface area contributed by atoms with Crippen LogP contribution in [0.25, 0.3) is 0 Å². The second-order valence-corrected chi connectivity index (χ2v) is 9.22. The van der Waals surface area contributed by atoms with E-state index in [-0.39, 0.29) is 24.1 Å². The Morgan fingerprint density at radius 3 is 2.44 bits per heavy atom. The standard InChI is InChI=1S/C27H27ClFN3O3S/c1-18-7-9-20(10-8-18)30-25(33)17-35-26-21(28)15-19(16-24(26)34-2)27(36)32-13-11-31(12-14-32)23-6-4-3-5-22(23)29/h3-10,15-16H,11-14,17H2,1-2H3,(H,30,33). The van der Waals surface area contributed by atoms with Gasteiger partial charge in [0, 0.05) is 37.4 Å². The van der Waals surface area contributed by atoms with Crippen molar-refractivity contribution in [1.82, 2.24) is 4.90 Å². The van der Waals surface area contributed by atoms with E-state index in [4.69, 9.17) is 33.3 Å². The zero-order valence-electron chi connectivity index (χ0n) is 20.1. The summed E-state index contributed by atoms with van der Waals surface area (Å²) in [4.78, 5) is 17.0. The van der Waals surface area contributed by atoms with Crippen LogP contribution in [0.15, 0.2) is 60.7 Å². The third kappa shape index (κ3) is 6.06. The summed E-state index contributed by atoms with van der Waals surface area (Å²) in [6.07, 6.45) is 0. The molecule has 0 unspecified atom stereocenters. The number of hydrogen-bond acceptors (Lipinski definition) is 5. The molecule has 1 N–H and O–H groups in total. The van der Waals surface area contributed by atoms with Crippen molar-refractivity contribution >= 4 is 46.1 Å². The number of halogens is 2. The minimum atomic E-state index is -0.315. The second-order valence-electron chi connectivity index (χ2n) is 8.42. The molecule has 1 aliphatic heterocycles. The van der Waals surface area contributed by atoms with Gasteiger partial charge in [0.05, 0.1) is 17.8 Å². The van der Waals surface area contributed by atoms with Crippen molar-refractivity contribution in [1.29, 1.82) is 0 Å². The van der Waals surface area contributed by atoms with E-state index < -0.39 is 0 Å². The lowest BCUT2D eigenvalue weighted by Gasteiger charge is -2.37. The van der Waals surface area contributed by atoms with Gasteiger partial charge in [0.2, 0.25) is 0 Å². The summed E-state index contributed by atoms with van der Waals surface area (Å²) in [6.45, 7) is 4.32. The number of amides is 1. The molecule has 1 aliphatic rings. The van der Waals surface area contributed by atoms with Crippen LogP contribution in [0.1, 0.15) is 11.1 Å². The summed E-state index contributed by atoms with van der Waals surface area (Å²) in [5.41, 5.74) is 3.09. The molecule has 1 saturated heterocycles. The van der Waals surface area contributed by atoms with Gasteiger partial charge in [-0.2, -0.15) is 0 Å². The maximum atomic E-state index is 14.2. The average molecular weight is 528 g/mol. The quantitative estimate of drug-likeness (QED) is 0.420. The van der Waals surface area contributed by atoms with Crippen LogP contribution in [-0.2, 0) is 4.79 Å². The van der Waals surface area contributed by atoms with Crippen molar-refractivity contribution in [3.63, 3.8) is 0 Å². The summed E-state index contributed by atoms with van der Waals surface area (Å²) < 4.78 is 25.3. The molecular formula is C27H27ClFN3O3S. The van der Waals surface area contributed by atoms with Crippen molar-refractivity contribution in [3.8, 4) is 11.5 Å². The van der Waals surface area contributed by atoms with E-state index in [1.165, 1.54) is 13.2 Å². The molecule has 1 amide bonds. The highest BCUT2D eigenvalue weighted by atomic mass is 35.5. The zero-order valence-corrected chi connectivity index (χ0v) is 21.7. The highest BCUT2D eigenvalue weighted by Crippen LogP contribution is 2.37. The lowest BCUT2D eigenvalue weighted by atomic mass is 10.1. The third-order valence-corrected chi connectivity index (χ3v) is 6.69. The summed E-state index contributed by atoms with van der Waals surface area (Å²) in [7, 11) is 1.50. The Morgan fingerprint density at radius 2 is 1.78 bits per heavy atom. The molecule has 3 aromatic carbocycles. The highest BCUT2D eigenvalue weighted by molar-refractivity contribution is 7.80. The Morgan fingerprint density at radius 1 is 1.08 bits per heavy atom. The molecule has 4 rings (SSSR count). The highest BCUT2D eigenvalue weighted by Gasteiger charge is 2.23. The van der Waals surface area contributed by atoms with Crippen LogP contribution < -0.4 is 19.7 Å². The first kappa shape index (κ1) is 25.7. The fraction of sp³-hybridized carbons (Fsp3) is 0.259. The average Bonchev–Trinajstić information content (AvgIpc) is 2.89. The molecule has 0 aliphatic carbocycles. The van der Waals surface area contributed by atoms with E-state index in [1.54, 1.807) is 24.3 Å². The number of ether oxygens (including phenoxy) is 2. The van der Waals surface area contributed by atoms with Gasteiger partial charge in [0.1, 0.15) is 10.8 Å². The Bertz CT molecular complexity index is 1250. The number of anilines is 2. The van der Waals surface area contributed by atoms with E-state index >= 15 is 0 Å². The zero-order chi connectivity index (χ0) is 25.7. The molecule has 0 bridgehead atoms. The van der Waals surface area contributed by atoms with Gasteiger partial charge in [-0.15, -0.1) is 0 Å². The number of para-hydroxylation sites is 1. The number of aryl methyl sites for hydroxylation is 1. The van der Waals surface area contributed by atoms with E-state index in [9.17, 15) is 9.18 Å². The fourth-order valence-corrected chi connectivity index (χ4v) is 4.56. The Labute approximate surface area is 220 Å². The third-order valence-electron chi connectivity index (χ3n) is 5.92.